The molecule has 1 aliphatic heterocycles. The van der Waals surface area contributed by atoms with E-state index in [4.69, 9.17) is 11.1 Å². The average Bonchev–Trinajstić information content (AvgIpc) is 3.21. The Kier molecular flexibility index (Phi) is 7.16. The van der Waals surface area contributed by atoms with Gasteiger partial charge in [-0.05, 0) is 55.7 Å². The van der Waals surface area contributed by atoms with Crippen molar-refractivity contribution < 1.29 is 18.8 Å². The molecule has 9 heteroatoms. The van der Waals surface area contributed by atoms with Gasteiger partial charge in [0, 0.05) is 23.8 Å². The highest BCUT2D eigenvalue weighted by Gasteiger charge is 2.36. The molecule has 1 aliphatic carbocycles. The molecule has 1 aromatic carbocycles. The number of benzene rings is 1. The summed E-state index contributed by atoms with van der Waals surface area (Å²) in [6.07, 6.45) is 5.43. The largest absolute Gasteiger partial charge is 0.376 e. The predicted molar refractivity (Wildman–Crippen MR) is 120 cm³/mol. The van der Waals surface area contributed by atoms with Gasteiger partial charge in [0.2, 0.25) is 11.8 Å². The van der Waals surface area contributed by atoms with Crippen LogP contribution in [0.15, 0.2) is 18.2 Å². The quantitative estimate of drug-likeness (QED) is 0.480. The van der Waals surface area contributed by atoms with Gasteiger partial charge in [0.1, 0.15) is 17.6 Å². The van der Waals surface area contributed by atoms with Crippen molar-refractivity contribution in [1.82, 2.24) is 10.2 Å². The Hall–Kier alpha value is -2.97. The molecule has 8 nitrogen and oxygen atoms in total. The second-order valence-electron chi connectivity index (χ2n) is 9.49. The number of carbonyl (C=O) groups excluding carboxylic acids is 3. The number of hydrogen-bond donors (Lipinski definition) is 4. The van der Waals surface area contributed by atoms with Gasteiger partial charge >= 0.3 is 0 Å². The van der Waals surface area contributed by atoms with Gasteiger partial charge < -0.3 is 21.3 Å². The van der Waals surface area contributed by atoms with Crippen molar-refractivity contribution in [3.8, 4) is 0 Å². The number of amides is 3. The number of halogens is 1. The fraction of sp³-hybridized carbons (Fsp3) is 0.565. The Morgan fingerprint density at radius 2 is 2.00 bits per heavy atom. The van der Waals surface area contributed by atoms with E-state index in [0.29, 0.717) is 13.0 Å². The van der Waals surface area contributed by atoms with Crippen LogP contribution in [0.2, 0.25) is 0 Å². The molecule has 174 valence electrons. The third kappa shape index (κ3) is 5.63. The van der Waals surface area contributed by atoms with E-state index in [0.717, 1.165) is 44.2 Å². The number of nitrogens with one attached hydrogen (secondary N) is 3. The minimum Gasteiger partial charge on any atom is -0.376 e. The molecule has 3 amide bonds. The molecule has 3 rings (SSSR count). The third-order valence-electron chi connectivity index (χ3n) is 6.35. The number of primary amides is 1. The SMILES string of the molecule is CC1(C)CCCC(NC(=O)C2CCCN2C(=O)CNc2cc(F)ccc2C(=N)C(N)=O)C1. The molecule has 0 bridgehead atoms. The monoisotopic (exact) mass is 445 g/mol. The number of likely N-dealkylation sites (tertiary alicyclic amines) is 1. The van der Waals surface area contributed by atoms with Gasteiger partial charge in [0.25, 0.3) is 5.91 Å². The molecule has 2 fully saturated rings. The summed E-state index contributed by atoms with van der Waals surface area (Å²) in [5, 5.41) is 13.7. The van der Waals surface area contributed by atoms with Crippen LogP contribution in [0.4, 0.5) is 10.1 Å². The van der Waals surface area contributed by atoms with E-state index in [9.17, 15) is 18.8 Å². The summed E-state index contributed by atoms with van der Waals surface area (Å²) in [7, 11) is 0. The molecule has 32 heavy (non-hydrogen) atoms. The third-order valence-corrected chi connectivity index (χ3v) is 6.35. The lowest BCUT2D eigenvalue weighted by molar-refractivity contribution is -0.137. The summed E-state index contributed by atoms with van der Waals surface area (Å²) in [4.78, 5) is 38.7. The van der Waals surface area contributed by atoms with Crippen molar-refractivity contribution in [3.63, 3.8) is 0 Å². The van der Waals surface area contributed by atoms with Crippen LogP contribution in [-0.4, -0.2) is 53.5 Å². The fourth-order valence-corrected chi connectivity index (χ4v) is 4.74. The van der Waals surface area contributed by atoms with Crippen LogP contribution < -0.4 is 16.4 Å². The van der Waals surface area contributed by atoms with E-state index in [-0.39, 0.29) is 41.1 Å². The lowest BCUT2D eigenvalue weighted by atomic mass is 9.75. The van der Waals surface area contributed by atoms with E-state index in [1.807, 2.05) is 0 Å². The first kappa shape index (κ1) is 23.7. The van der Waals surface area contributed by atoms with Crippen molar-refractivity contribution in [2.45, 2.75) is 64.5 Å². The maximum atomic E-state index is 13.7. The van der Waals surface area contributed by atoms with Crippen LogP contribution in [0.25, 0.3) is 0 Å². The Morgan fingerprint density at radius 3 is 2.69 bits per heavy atom. The minimum atomic E-state index is -0.951. The van der Waals surface area contributed by atoms with Crippen LogP contribution in [0.3, 0.4) is 0 Å². The molecule has 1 saturated heterocycles. The number of anilines is 1. The summed E-state index contributed by atoms with van der Waals surface area (Å²) in [6, 6.07) is 3.10. The summed E-state index contributed by atoms with van der Waals surface area (Å²) >= 11 is 0. The van der Waals surface area contributed by atoms with Crippen molar-refractivity contribution in [1.29, 1.82) is 5.41 Å². The molecule has 1 saturated carbocycles. The highest BCUT2D eigenvalue weighted by molar-refractivity contribution is 6.44. The normalized spacial score (nSPS) is 22.3. The van der Waals surface area contributed by atoms with Gasteiger partial charge in [-0.25, -0.2) is 4.39 Å². The van der Waals surface area contributed by atoms with Gasteiger partial charge in [-0.2, -0.15) is 0 Å². The highest BCUT2D eigenvalue weighted by Crippen LogP contribution is 2.35. The van der Waals surface area contributed by atoms with E-state index in [2.05, 4.69) is 24.5 Å². The zero-order valence-electron chi connectivity index (χ0n) is 18.7. The molecular formula is C23H32FN5O3. The molecule has 0 radical (unpaired) electrons. The Morgan fingerprint density at radius 1 is 1.25 bits per heavy atom. The Bertz CT molecular complexity index is 917. The summed E-state index contributed by atoms with van der Waals surface area (Å²) < 4.78 is 13.7. The number of nitrogens with two attached hydrogens (primary N) is 1. The number of nitrogens with zero attached hydrogens (tertiary/aromatic N) is 1. The van der Waals surface area contributed by atoms with Crippen LogP contribution >= 0.6 is 0 Å². The zero-order valence-corrected chi connectivity index (χ0v) is 18.7. The van der Waals surface area contributed by atoms with E-state index < -0.39 is 23.5 Å². The molecule has 1 aromatic rings. The van der Waals surface area contributed by atoms with Crippen LogP contribution in [0.1, 0.15) is 57.9 Å². The van der Waals surface area contributed by atoms with Crippen LogP contribution in [0, 0.1) is 16.6 Å². The molecule has 0 spiro atoms. The van der Waals surface area contributed by atoms with Crippen LogP contribution in [-0.2, 0) is 14.4 Å². The Labute approximate surface area is 187 Å². The molecule has 5 N–H and O–H groups in total. The van der Waals surface area contributed by atoms with Gasteiger partial charge in [-0.15, -0.1) is 0 Å². The zero-order chi connectivity index (χ0) is 23.5. The van der Waals surface area contributed by atoms with Crippen molar-refractivity contribution in [2.75, 3.05) is 18.4 Å². The highest BCUT2D eigenvalue weighted by atomic mass is 19.1. The second-order valence-corrected chi connectivity index (χ2v) is 9.49. The van der Waals surface area contributed by atoms with Gasteiger partial charge in [-0.3, -0.25) is 19.8 Å². The second kappa shape index (κ2) is 9.67. The lowest BCUT2D eigenvalue weighted by Gasteiger charge is -2.36. The molecule has 2 unspecified atom stereocenters. The molecule has 2 aliphatic rings. The first-order chi connectivity index (χ1) is 15.1. The maximum Gasteiger partial charge on any atom is 0.267 e. The van der Waals surface area contributed by atoms with E-state index in [1.54, 1.807) is 4.90 Å². The van der Waals surface area contributed by atoms with E-state index >= 15 is 0 Å². The molecule has 1 heterocycles. The summed E-state index contributed by atoms with van der Waals surface area (Å²) in [5.41, 5.74) is 5.14. The average molecular weight is 446 g/mol. The molecule has 2 atom stereocenters. The minimum absolute atomic E-state index is 0.113. The fourth-order valence-electron chi connectivity index (χ4n) is 4.74. The first-order valence-electron chi connectivity index (χ1n) is 11.1. The molecule has 0 aromatic heterocycles. The standard InChI is InChI=1S/C23H32FN5O3/c1-23(2)9-3-5-15(12-23)28-22(32)18-6-4-10-29(18)19(30)13-27-17-11-14(24)7-8-16(17)20(25)21(26)31/h7-8,11,15,18,25,27H,3-6,9-10,12-13H2,1-2H3,(H2,26,31)(H,28,32). The van der Waals surface area contributed by atoms with E-state index in [1.165, 1.54) is 6.07 Å². The van der Waals surface area contributed by atoms with Crippen molar-refractivity contribution >= 4 is 29.1 Å². The predicted octanol–water partition coefficient (Wildman–Crippen LogP) is 2.17. The molecular weight excluding hydrogens is 413 g/mol. The smallest absolute Gasteiger partial charge is 0.267 e. The first-order valence-corrected chi connectivity index (χ1v) is 11.1. The number of hydrogen-bond acceptors (Lipinski definition) is 5. The van der Waals surface area contributed by atoms with Crippen molar-refractivity contribution in [2.24, 2.45) is 11.1 Å². The topological polar surface area (TPSA) is 128 Å². The number of carbonyl (C=O) groups is 3. The summed E-state index contributed by atoms with van der Waals surface area (Å²) in [6.45, 7) is 4.70. The lowest BCUT2D eigenvalue weighted by Crippen LogP contribution is -2.51. The van der Waals surface area contributed by atoms with Crippen LogP contribution in [0.5, 0.6) is 0 Å². The van der Waals surface area contributed by atoms with Gasteiger partial charge in [-0.1, -0.05) is 20.3 Å². The Balaban J connectivity index is 1.63. The maximum absolute atomic E-state index is 13.7. The van der Waals surface area contributed by atoms with Gasteiger partial charge in [0.15, 0.2) is 0 Å². The van der Waals surface area contributed by atoms with Crippen molar-refractivity contribution in [3.05, 3.63) is 29.6 Å². The number of rotatable bonds is 7. The van der Waals surface area contributed by atoms with Gasteiger partial charge in [0.05, 0.1) is 6.54 Å². The summed E-state index contributed by atoms with van der Waals surface area (Å²) in [5.74, 6) is -1.95.